The summed E-state index contributed by atoms with van der Waals surface area (Å²) in [5.74, 6) is 1.03. The lowest BCUT2D eigenvalue weighted by atomic mass is 9.93. The normalized spacial score (nSPS) is 21.0. The number of nitrogens with one attached hydrogen (secondary N) is 1. The van der Waals surface area contributed by atoms with E-state index in [4.69, 9.17) is 9.47 Å². The molecular weight excluding hydrogens is 282 g/mol. The summed E-state index contributed by atoms with van der Waals surface area (Å²) >= 11 is 0. The molecule has 1 aliphatic rings. The summed E-state index contributed by atoms with van der Waals surface area (Å²) < 4.78 is 10.9. The molecular formula is C16H23N3O3. The van der Waals surface area contributed by atoms with Crippen molar-refractivity contribution in [2.45, 2.75) is 50.7 Å². The van der Waals surface area contributed by atoms with Crippen LogP contribution in [0.25, 0.3) is 0 Å². The molecule has 1 N–H and O–H groups in total. The van der Waals surface area contributed by atoms with Crippen LogP contribution in [0.15, 0.2) is 25.0 Å². The third-order valence-electron chi connectivity index (χ3n) is 3.70. The standard InChI is InChI=1S/C16H23N3O3/c1-3-4-5-14(20)18-12-6-8-13(9-7-12)22-16-11-17-10-15(19-16)21-2/h3,10-13H,1,4-9H2,2H3,(H,18,20). The second kappa shape index (κ2) is 8.36. The van der Waals surface area contributed by atoms with Crippen LogP contribution < -0.4 is 14.8 Å². The number of nitrogens with zero attached hydrogens (tertiary/aromatic N) is 2. The average Bonchev–Trinajstić information content (AvgIpc) is 2.55. The SMILES string of the molecule is C=CCCC(=O)NC1CCC(Oc2cncc(OC)n2)CC1. The number of aromatic nitrogens is 2. The van der Waals surface area contributed by atoms with E-state index in [9.17, 15) is 4.79 Å². The highest BCUT2D eigenvalue weighted by molar-refractivity contribution is 5.76. The highest BCUT2D eigenvalue weighted by Crippen LogP contribution is 2.23. The summed E-state index contributed by atoms with van der Waals surface area (Å²) in [6, 6.07) is 0.244. The molecule has 22 heavy (non-hydrogen) atoms. The van der Waals surface area contributed by atoms with Gasteiger partial charge in [-0.1, -0.05) is 6.08 Å². The number of hydrogen-bond acceptors (Lipinski definition) is 5. The van der Waals surface area contributed by atoms with Gasteiger partial charge in [0, 0.05) is 12.5 Å². The summed E-state index contributed by atoms with van der Waals surface area (Å²) in [4.78, 5) is 19.9. The van der Waals surface area contributed by atoms with Gasteiger partial charge in [-0.25, -0.2) is 0 Å². The minimum absolute atomic E-state index is 0.0999. The number of carbonyl (C=O) groups is 1. The molecule has 0 radical (unpaired) electrons. The van der Waals surface area contributed by atoms with Gasteiger partial charge >= 0.3 is 0 Å². The van der Waals surface area contributed by atoms with Crippen LogP contribution in [0.2, 0.25) is 0 Å². The molecule has 6 heteroatoms. The fourth-order valence-electron chi connectivity index (χ4n) is 2.52. The number of amides is 1. The molecule has 0 saturated heterocycles. The summed E-state index contributed by atoms with van der Waals surface area (Å²) in [7, 11) is 1.55. The van der Waals surface area contributed by atoms with Crippen molar-refractivity contribution < 1.29 is 14.3 Å². The number of hydrogen-bond donors (Lipinski definition) is 1. The molecule has 0 unspecified atom stereocenters. The van der Waals surface area contributed by atoms with Gasteiger partial charge < -0.3 is 14.8 Å². The first-order chi connectivity index (χ1) is 10.7. The van der Waals surface area contributed by atoms with Gasteiger partial charge in [0.15, 0.2) is 0 Å². The topological polar surface area (TPSA) is 73.3 Å². The predicted octanol–water partition coefficient (Wildman–Crippen LogP) is 2.26. The van der Waals surface area contributed by atoms with Gasteiger partial charge in [-0.2, -0.15) is 4.98 Å². The molecule has 0 aromatic carbocycles. The Morgan fingerprint density at radius 3 is 2.77 bits per heavy atom. The Hall–Kier alpha value is -2.11. The minimum Gasteiger partial charge on any atom is -0.480 e. The first kappa shape index (κ1) is 16.3. The molecule has 1 aromatic rings. The van der Waals surface area contributed by atoms with Gasteiger partial charge in [-0.05, 0) is 32.1 Å². The Morgan fingerprint density at radius 1 is 1.36 bits per heavy atom. The van der Waals surface area contributed by atoms with Gasteiger partial charge in [0.25, 0.3) is 0 Å². The van der Waals surface area contributed by atoms with Gasteiger partial charge in [-0.15, -0.1) is 6.58 Å². The molecule has 1 saturated carbocycles. The molecule has 1 fully saturated rings. The molecule has 1 aliphatic carbocycles. The van der Waals surface area contributed by atoms with Crippen molar-refractivity contribution >= 4 is 5.91 Å². The molecule has 1 heterocycles. The quantitative estimate of drug-likeness (QED) is 0.782. The highest BCUT2D eigenvalue weighted by atomic mass is 16.5. The lowest BCUT2D eigenvalue weighted by molar-refractivity contribution is -0.122. The smallest absolute Gasteiger partial charge is 0.235 e. The van der Waals surface area contributed by atoms with E-state index in [2.05, 4.69) is 21.9 Å². The van der Waals surface area contributed by atoms with E-state index < -0.39 is 0 Å². The zero-order valence-corrected chi connectivity index (χ0v) is 13.0. The van der Waals surface area contributed by atoms with E-state index >= 15 is 0 Å². The monoisotopic (exact) mass is 305 g/mol. The van der Waals surface area contributed by atoms with E-state index in [0.29, 0.717) is 18.2 Å². The number of methoxy groups -OCH3 is 1. The van der Waals surface area contributed by atoms with Crippen LogP contribution in [0.1, 0.15) is 38.5 Å². The van der Waals surface area contributed by atoms with Crippen molar-refractivity contribution in [2.24, 2.45) is 0 Å². The number of allylic oxidation sites excluding steroid dienone is 1. The van der Waals surface area contributed by atoms with Crippen molar-refractivity contribution in [3.63, 3.8) is 0 Å². The minimum atomic E-state index is 0.0999. The van der Waals surface area contributed by atoms with Crippen molar-refractivity contribution in [1.82, 2.24) is 15.3 Å². The summed E-state index contributed by atoms with van der Waals surface area (Å²) in [5, 5.41) is 3.07. The maximum atomic E-state index is 11.7. The predicted molar refractivity (Wildman–Crippen MR) is 82.8 cm³/mol. The van der Waals surface area contributed by atoms with E-state index in [1.54, 1.807) is 25.6 Å². The lowest BCUT2D eigenvalue weighted by Crippen LogP contribution is -2.39. The second-order valence-electron chi connectivity index (χ2n) is 5.39. The van der Waals surface area contributed by atoms with Gasteiger partial charge in [0.05, 0.1) is 19.5 Å². The van der Waals surface area contributed by atoms with Crippen LogP contribution in [0, 0.1) is 0 Å². The molecule has 6 nitrogen and oxygen atoms in total. The van der Waals surface area contributed by atoms with E-state index in [-0.39, 0.29) is 18.1 Å². The fraction of sp³-hybridized carbons (Fsp3) is 0.562. The van der Waals surface area contributed by atoms with Crippen molar-refractivity contribution in [3.05, 3.63) is 25.0 Å². The second-order valence-corrected chi connectivity index (χ2v) is 5.39. The summed E-state index contributed by atoms with van der Waals surface area (Å²) in [6.07, 6.45) is 9.87. The average molecular weight is 305 g/mol. The molecule has 0 spiro atoms. The molecule has 0 aliphatic heterocycles. The van der Waals surface area contributed by atoms with Crippen LogP contribution >= 0.6 is 0 Å². The third kappa shape index (κ3) is 5.02. The zero-order valence-electron chi connectivity index (χ0n) is 13.0. The first-order valence-electron chi connectivity index (χ1n) is 7.64. The van der Waals surface area contributed by atoms with Gasteiger partial charge in [0.1, 0.15) is 6.10 Å². The van der Waals surface area contributed by atoms with Crippen LogP contribution in [-0.4, -0.2) is 35.1 Å². The number of carbonyl (C=O) groups excluding carboxylic acids is 1. The Morgan fingerprint density at radius 2 is 2.09 bits per heavy atom. The Kier molecular flexibility index (Phi) is 6.18. The molecule has 0 atom stereocenters. The van der Waals surface area contributed by atoms with E-state index in [0.717, 1.165) is 32.1 Å². The molecule has 0 bridgehead atoms. The summed E-state index contributed by atoms with van der Waals surface area (Å²) in [6.45, 7) is 3.63. The first-order valence-corrected chi connectivity index (χ1v) is 7.64. The highest BCUT2D eigenvalue weighted by Gasteiger charge is 2.23. The maximum Gasteiger partial charge on any atom is 0.235 e. The van der Waals surface area contributed by atoms with Crippen LogP contribution in [-0.2, 0) is 4.79 Å². The molecule has 2 rings (SSSR count). The lowest BCUT2D eigenvalue weighted by Gasteiger charge is -2.29. The third-order valence-corrected chi connectivity index (χ3v) is 3.70. The van der Waals surface area contributed by atoms with Crippen molar-refractivity contribution in [2.75, 3.05) is 7.11 Å². The van der Waals surface area contributed by atoms with E-state index in [1.807, 2.05) is 0 Å². The Bertz CT molecular complexity index is 499. The van der Waals surface area contributed by atoms with Crippen LogP contribution in [0.5, 0.6) is 11.8 Å². The maximum absolute atomic E-state index is 11.7. The Balaban J connectivity index is 1.74. The zero-order chi connectivity index (χ0) is 15.8. The van der Waals surface area contributed by atoms with E-state index in [1.165, 1.54) is 0 Å². The van der Waals surface area contributed by atoms with Crippen molar-refractivity contribution in [1.29, 1.82) is 0 Å². The molecule has 120 valence electrons. The summed E-state index contributed by atoms with van der Waals surface area (Å²) in [5.41, 5.74) is 0. The number of ether oxygens (including phenoxy) is 2. The van der Waals surface area contributed by atoms with Crippen LogP contribution in [0.4, 0.5) is 0 Å². The van der Waals surface area contributed by atoms with Crippen molar-refractivity contribution in [3.8, 4) is 11.8 Å². The largest absolute Gasteiger partial charge is 0.480 e. The fourth-order valence-corrected chi connectivity index (χ4v) is 2.52. The van der Waals surface area contributed by atoms with Crippen LogP contribution in [0.3, 0.4) is 0 Å². The number of rotatable bonds is 7. The molecule has 1 aromatic heterocycles. The van der Waals surface area contributed by atoms with Gasteiger partial charge in [0.2, 0.25) is 17.7 Å². The van der Waals surface area contributed by atoms with Gasteiger partial charge in [-0.3, -0.25) is 9.78 Å². The Labute approximate surface area is 130 Å². The molecule has 1 amide bonds.